The molecule has 5 heterocycles. The second-order valence-electron chi connectivity index (χ2n) is 11.2. The number of ether oxygens (including phenoxy) is 1. The lowest BCUT2D eigenvalue weighted by Gasteiger charge is -2.37. The zero-order valence-corrected chi connectivity index (χ0v) is 24.3. The number of aryl methyl sites for hydroxylation is 1. The number of anilines is 4. The molecule has 0 aliphatic carbocycles. The molecule has 1 amide bonds. The van der Waals surface area contributed by atoms with Crippen LogP contribution in [0.15, 0.2) is 36.7 Å². The number of amides is 1. The van der Waals surface area contributed by atoms with E-state index in [0.29, 0.717) is 26.2 Å². The molecule has 3 aromatic rings. The Morgan fingerprint density at radius 1 is 0.974 bits per heavy atom. The first-order valence-electron chi connectivity index (χ1n) is 13.5. The third-order valence-electron chi connectivity index (χ3n) is 6.84. The first kappa shape index (κ1) is 27.1. The van der Waals surface area contributed by atoms with Crippen molar-refractivity contribution in [3.05, 3.63) is 42.4 Å². The largest absolute Gasteiger partial charge is 0.444 e. The van der Waals surface area contributed by atoms with E-state index in [2.05, 4.69) is 55.2 Å². The molecule has 2 aliphatic heterocycles. The van der Waals surface area contributed by atoms with Crippen molar-refractivity contribution in [2.75, 3.05) is 74.5 Å². The molecule has 0 unspecified atom stereocenters. The number of hydrogen-bond acceptors (Lipinski definition) is 10. The minimum absolute atomic E-state index is 0.257. The molecule has 5 rings (SSSR count). The summed E-state index contributed by atoms with van der Waals surface area (Å²) in [4.78, 5) is 36.4. The number of nitrogens with one attached hydrogen (secondary N) is 1. The number of carbonyl (C=O) groups excluding carboxylic acids is 1. The fourth-order valence-electron chi connectivity index (χ4n) is 4.69. The lowest BCUT2D eigenvalue weighted by Crippen LogP contribution is -2.50. The third-order valence-corrected chi connectivity index (χ3v) is 7.80. The minimum Gasteiger partial charge on any atom is -0.444 e. The van der Waals surface area contributed by atoms with Crippen LogP contribution >= 0.6 is 11.3 Å². The zero-order chi connectivity index (χ0) is 27.6. The van der Waals surface area contributed by atoms with Gasteiger partial charge >= 0.3 is 6.09 Å². The van der Waals surface area contributed by atoms with Crippen LogP contribution in [-0.4, -0.2) is 95.9 Å². The summed E-state index contributed by atoms with van der Waals surface area (Å²) in [5, 5.41) is 4.26. The van der Waals surface area contributed by atoms with E-state index in [1.165, 1.54) is 0 Å². The summed E-state index contributed by atoms with van der Waals surface area (Å²) in [6.07, 6.45) is 3.46. The van der Waals surface area contributed by atoms with Crippen LogP contribution < -0.4 is 15.1 Å². The van der Waals surface area contributed by atoms with Crippen molar-refractivity contribution in [1.82, 2.24) is 24.8 Å². The average molecular weight is 551 g/mol. The number of thiazole rings is 1. The first-order chi connectivity index (χ1) is 18.6. The number of pyridine rings is 2. The highest BCUT2D eigenvalue weighted by Gasteiger charge is 2.27. The number of piperazine rings is 2. The van der Waals surface area contributed by atoms with Crippen LogP contribution in [0.5, 0.6) is 0 Å². The molecule has 39 heavy (non-hydrogen) atoms. The molecule has 2 aliphatic rings. The van der Waals surface area contributed by atoms with Crippen molar-refractivity contribution >= 4 is 39.9 Å². The Kier molecular flexibility index (Phi) is 7.90. The van der Waals surface area contributed by atoms with E-state index in [1.54, 1.807) is 16.2 Å². The summed E-state index contributed by atoms with van der Waals surface area (Å²) in [7, 11) is 2.16. The van der Waals surface area contributed by atoms with Crippen LogP contribution in [0.4, 0.5) is 27.2 Å². The minimum atomic E-state index is -0.501. The molecule has 0 atom stereocenters. The fraction of sp³-hybridized carbons (Fsp3) is 0.500. The molecular weight excluding hydrogens is 512 g/mol. The molecule has 2 saturated heterocycles. The maximum absolute atomic E-state index is 12.6. The molecule has 0 radical (unpaired) electrons. The summed E-state index contributed by atoms with van der Waals surface area (Å²) in [5.74, 6) is 1.67. The van der Waals surface area contributed by atoms with Crippen LogP contribution in [0.3, 0.4) is 0 Å². The molecule has 0 spiro atoms. The molecule has 10 nitrogen and oxygen atoms in total. The summed E-state index contributed by atoms with van der Waals surface area (Å²) < 4.78 is 5.57. The average Bonchev–Trinajstić information content (AvgIpc) is 3.36. The van der Waals surface area contributed by atoms with Gasteiger partial charge in [0.05, 0.1) is 4.88 Å². The predicted octanol–water partition coefficient (Wildman–Crippen LogP) is 4.46. The Hall–Kier alpha value is -3.44. The van der Waals surface area contributed by atoms with Crippen LogP contribution in [-0.2, 0) is 4.74 Å². The zero-order valence-electron chi connectivity index (χ0n) is 23.5. The van der Waals surface area contributed by atoms with Gasteiger partial charge in [-0.15, -0.1) is 0 Å². The number of nitrogens with zero attached hydrogens (tertiary/aromatic N) is 7. The Balaban J connectivity index is 1.35. The quantitative estimate of drug-likeness (QED) is 0.494. The number of carbonyl (C=O) groups is 1. The Bertz CT molecular complexity index is 1290. The second-order valence-corrected chi connectivity index (χ2v) is 12.2. The third kappa shape index (κ3) is 6.96. The Morgan fingerprint density at radius 2 is 1.69 bits per heavy atom. The highest BCUT2D eigenvalue weighted by molar-refractivity contribution is 7.18. The summed E-state index contributed by atoms with van der Waals surface area (Å²) >= 11 is 1.60. The monoisotopic (exact) mass is 550 g/mol. The van der Waals surface area contributed by atoms with E-state index < -0.39 is 5.60 Å². The fourth-order valence-corrected chi connectivity index (χ4v) is 5.51. The first-order valence-corrected chi connectivity index (χ1v) is 14.3. The SMILES string of the molecule is Cc1cc(-c2cnc(Nc3cc(N4CCN(C)CC4)cc(N4CCN(C(=O)OC(C)(C)C)CC4)n3)s2)ccn1. The number of hydrogen-bond donors (Lipinski definition) is 1. The topological polar surface area (TPSA) is 90.0 Å². The van der Waals surface area contributed by atoms with Gasteiger partial charge in [-0.05, 0) is 52.4 Å². The van der Waals surface area contributed by atoms with Crippen LogP contribution in [0.2, 0.25) is 0 Å². The van der Waals surface area contributed by atoms with Crippen molar-refractivity contribution < 1.29 is 9.53 Å². The van der Waals surface area contributed by atoms with E-state index in [0.717, 1.165) is 64.8 Å². The van der Waals surface area contributed by atoms with E-state index in [-0.39, 0.29) is 6.09 Å². The Morgan fingerprint density at radius 3 is 2.38 bits per heavy atom. The lowest BCUT2D eigenvalue weighted by molar-refractivity contribution is 0.0240. The van der Waals surface area contributed by atoms with Gasteiger partial charge in [0.1, 0.15) is 17.2 Å². The van der Waals surface area contributed by atoms with Crippen molar-refractivity contribution in [2.24, 2.45) is 0 Å². The van der Waals surface area contributed by atoms with Crippen LogP contribution in [0.1, 0.15) is 26.5 Å². The van der Waals surface area contributed by atoms with Gasteiger partial charge in [-0.25, -0.2) is 14.8 Å². The van der Waals surface area contributed by atoms with Gasteiger partial charge in [-0.3, -0.25) is 4.98 Å². The van der Waals surface area contributed by atoms with Crippen molar-refractivity contribution in [3.63, 3.8) is 0 Å². The number of aromatic nitrogens is 3. The molecule has 11 heteroatoms. The molecule has 1 N–H and O–H groups in total. The van der Waals surface area contributed by atoms with Gasteiger partial charge < -0.3 is 29.7 Å². The van der Waals surface area contributed by atoms with Gasteiger partial charge in [0, 0.05) is 88.3 Å². The predicted molar refractivity (Wildman–Crippen MR) is 157 cm³/mol. The van der Waals surface area contributed by atoms with Gasteiger partial charge in [0.15, 0.2) is 5.13 Å². The van der Waals surface area contributed by atoms with Gasteiger partial charge in [-0.2, -0.15) is 0 Å². The van der Waals surface area contributed by atoms with E-state index in [1.807, 2.05) is 46.2 Å². The van der Waals surface area contributed by atoms with E-state index >= 15 is 0 Å². The maximum atomic E-state index is 12.6. The smallest absolute Gasteiger partial charge is 0.410 e. The van der Waals surface area contributed by atoms with Crippen LogP contribution in [0, 0.1) is 6.92 Å². The number of likely N-dealkylation sites (N-methyl/N-ethyl adjacent to an activating group) is 1. The van der Waals surface area contributed by atoms with Crippen molar-refractivity contribution in [3.8, 4) is 10.4 Å². The molecule has 208 valence electrons. The van der Waals surface area contributed by atoms with Crippen molar-refractivity contribution in [1.29, 1.82) is 0 Å². The molecule has 3 aromatic heterocycles. The highest BCUT2D eigenvalue weighted by atomic mass is 32.1. The molecular formula is C28H38N8O2S. The molecule has 2 fully saturated rings. The standard InChI is InChI=1S/C28H38N8O2S/c1-20-16-21(6-7-29-20)23-19-30-26(39-23)32-24-17-22(34-10-8-33(5)9-11-34)18-25(31-24)35-12-14-36(15-13-35)27(37)38-28(2,3)4/h6-7,16-19H,8-15H2,1-5H3,(H,30,31,32). The molecule has 0 saturated carbocycles. The normalized spacial score (nSPS) is 16.9. The maximum Gasteiger partial charge on any atom is 0.410 e. The van der Waals surface area contributed by atoms with Crippen molar-refractivity contribution in [2.45, 2.75) is 33.3 Å². The van der Waals surface area contributed by atoms with Crippen LogP contribution in [0.25, 0.3) is 10.4 Å². The van der Waals surface area contributed by atoms with E-state index in [4.69, 9.17) is 9.72 Å². The van der Waals surface area contributed by atoms with E-state index in [9.17, 15) is 4.79 Å². The number of rotatable bonds is 5. The second kappa shape index (κ2) is 11.4. The van der Waals surface area contributed by atoms with Gasteiger partial charge in [-0.1, -0.05) is 11.3 Å². The summed E-state index contributed by atoms with van der Waals surface area (Å²) in [6.45, 7) is 14.2. The van der Waals surface area contributed by atoms with Gasteiger partial charge in [0.2, 0.25) is 0 Å². The summed E-state index contributed by atoms with van der Waals surface area (Å²) in [5.41, 5.74) is 2.73. The van der Waals surface area contributed by atoms with Gasteiger partial charge in [0.25, 0.3) is 0 Å². The summed E-state index contributed by atoms with van der Waals surface area (Å²) in [6, 6.07) is 8.36. The molecule has 0 aromatic carbocycles. The lowest BCUT2D eigenvalue weighted by atomic mass is 10.2. The molecule has 0 bridgehead atoms. The Labute approximate surface area is 234 Å². The highest BCUT2D eigenvalue weighted by Crippen LogP contribution is 2.33.